The number of carbonyl (C=O) groups excluding carboxylic acids is 4. The predicted octanol–water partition coefficient (Wildman–Crippen LogP) is 11.2. The van der Waals surface area contributed by atoms with Crippen LogP contribution in [0.15, 0.2) is 84.9 Å². The Hall–Kier alpha value is -5.46. The van der Waals surface area contributed by atoms with Crippen LogP contribution in [0.4, 0.5) is 0 Å². The molecule has 12 nitrogen and oxygen atoms in total. The van der Waals surface area contributed by atoms with Gasteiger partial charge in [-0.15, -0.1) is 0 Å². The number of rotatable bonds is 32. The Labute approximate surface area is 385 Å². The highest BCUT2D eigenvalue weighted by Crippen LogP contribution is 2.26. The van der Waals surface area contributed by atoms with E-state index in [0.29, 0.717) is 55.5 Å². The predicted molar refractivity (Wildman–Crippen MR) is 253 cm³/mol. The number of unbranched alkanes of at least 4 members (excludes halogenated alkanes) is 13. The maximum Gasteiger partial charge on any atom is 0.343 e. The van der Waals surface area contributed by atoms with Crippen molar-refractivity contribution in [2.75, 3.05) is 39.6 Å². The topological polar surface area (TPSA) is 164 Å². The van der Waals surface area contributed by atoms with Crippen molar-refractivity contribution in [3.8, 4) is 23.0 Å². The summed E-state index contributed by atoms with van der Waals surface area (Å²) in [5, 5.41) is 19.1. The fraction of sp³-hybridized carbons (Fsp3) is 0.509. The Balaban J connectivity index is 0.000000386. The minimum absolute atomic E-state index is 0.105. The highest BCUT2D eigenvalue weighted by molar-refractivity contribution is 5.92. The summed E-state index contributed by atoms with van der Waals surface area (Å²) >= 11 is 0. The Kier molecular flexibility index (Phi) is 28.2. The average molecular weight is 901 g/mol. The molecule has 0 bridgehead atoms. The third-order valence-electron chi connectivity index (χ3n) is 10.3. The number of carbonyl (C=O) groups is 4. The number of aliphatic hydroxyl groups is 2. The van der Waals surface area contributed by atoms with E-state index in [9.17, 15) is 19.2 Å². The van der Waals surface area contributed by atoms with Crippen LogP contribution >= 0.6 is 0 Å². The zero-order valence-electron chi connectivity index (χ0n) is 38.7. The molecule has 0 fully saturated rings. The monoisotopic (exact) mass is 901 g/mol. The Morgan fingerprint density at radius 2 is 0.815 bits per heavy atom. The SMILES string of the molecule is CC(=O)Oc1ccc2cc(OC(=O)c3ccc(OCCCCCCCOC(=O)CCCCCO)cc3)ccc2c1.Cc1ccc(OCCCCCCCCOC(=O)CCCCCO)cc1. The molecule has 0 unspecified atom stereocenters. The van der Waals surface area contributed by atoms with Gasteiger partial charge in [0.05, 0.1) is 32.0 Å². The molecule has 0 saturated heterocycles. The van der Waals surface area contributed by atoms with Gasteiger partial charge in [0.1, 0.15) is 23.0 Å². The Bertz CT molecular complexity index is 1930. The zero-order chi connectivity index (χ0) is 46.7. The van der Waals surface area contributed by atoms with E-state index in [4.69, 9.17) is 38.6 Å². The number of aliphatic hydroxyl groups excluding tert-OH is 2. The maximum absolute atomic E-state index is 12.6. The van der Waals surface area contributed by atoms with Gasteiger partial charge in [0, 0.05) is 33.0 Å². The van der Waals surface area contributed by atoms with E-state index in [0.717, 1.165) is 113 Å². The van der Waals surface area contributed by atoms with Gasteiger partial charge >= 0.3 is 23.9 Å². The van der Waals surface area contributed by atoms with Crippen molar-refractivity contribution in [3.63, 3.8) is 0 Å². The van der Waals surface area contributed by atoms with Gasteiger partial charge in [-0.2, -0.15) is 0 Å². The van der Waals surface area contributed by atoms with E-state index in [1.165, 1.54) is 31.7 Å². The van der Waals surface area contributed by atoms with E-state index in [1.54, 1.807) is 60.7 Å². The number of aryl methyl sites for hydroxylation is 1. The van der Waals surface area contributed by atoms with Gasteiger partial charge in [-0.05, 0) is 130 Å². The zero-order valence-corrected chi connectivity index (χ0v) is 38.7. The minimum atomic E-state index is -0.463. The molecule has 0 heterocycles. The first-order valence-electron chi connectivity index (χ1n) is 23.6. The summed E-state index contributed by atoms with van der Waals surface area (Å²) in [5.74, 6) is 1.42. The van der Waals surface area contributed by atoms with Gasteiger partial charge in [-0.3, -0.25) is 14.4 Å². The van der Waals surface area contributed by atoms with Crippen LogP contribution < -0.4 is 18.9 Å². The Morgan fingerprint density at radius 1 is 0.431 bits per heavy atom. The average Bonchev–Trinajstić information content (AvgIpc) is 3.30. The molecule has 0 aromatic heterocycles. The summed E-state index contributed by atoms with van der Waals surface area (Å²) in [6.45, 7) is 6.15. The number of ether oxygens (including phenoxy) is 6. The van der Waals surface area contributed by atoms with Gasteiger partial charge in [0.25, 0.3) is 0 Å². The third kappa shape index (κ3) is 25.6. The van der Waals surface area contributed by atoms with Gasteiger partial charge in [-0.1, -0.05) is 87.6 Å². The van der Waals surface area contributed by atoms with Gasteiger partial charge in [0.15, 0.2) is 0 Å². The van der Waals surface area contributed by atoms with Crippen molar-refractivity contribution >= 4 is 34.6 Å². The number of benzene rings is 4. The van der Waals surface area contributed by atoms with E-state index in [1.807, 2.05) is 12.1 Å². The molecule has 0 aliphatic carbocycles. The van der Waals surface area contributed by atoms with E-state index >= 15 is 0 Å². The number of hydrogen-bond donors (Lipinski definition) is 2. The second-order valence-corrected chi connectivity index (χ2v) is 16.1. The van der Waals surface area contributed by atoms with E-state index in [-0.39, 0.29) is 31.1 Å². The molecule has 0 aliphatic heterocycles. The van der Waals surface area contributed by atoms with Crippen LogP contribution in [0, 0.1) is 6.92 Å². The molecule has 4 aromatic rings. The smallest absolute Gasteiger partial charge is 0.343 e. The lowest BCUT2D eigenvalue weighted by atomic mass is 10.1. The van der Waals surface area contributed by atoms with Crippen LogP contribution in [0.5, 0.6) is 23.0 Å². The van der Waals surface area contributed by atoms with Crippen molar-refractivity contribution in [1.29, 1.82) is 0 Å². The summed E-state index contributed by atoms with van der Waals surface area (Å²) < 4.78 is 32.6. The van der Waals surface area contributed by atoms with Gasteiger partial charge in [0.2, 0.25) is 0 Å². The molecule has 356 valence electrons. The van der Waals surface area contributed by atoms with Crippen LogP contribution in [0.25, 0.3) is 10.8 Å². The maximum atomic E-state index is 12.6. The largest absolute Gasteiger partial charge is 0.494 e. The molecule has 4 rings (SSSR count). The molecule has 0 amide bonds. The molecule has 0 spiro atoms. The molecule has 4 aromatic carbocycles. The fourth-order valence-corrected chi connectivity index (χ4v) is 6.64. The third-order valence-corrected chi connectivity index (χ3v) is 10.3. The quantitative estimate of drug-likeness (QED) is 0.0271. The molecule has 0 radical (unpaired) electrons. The van der Waals surface area contributed by atoms with Gasteiger partial charge < -0.3 is 38.6 Å². The lowest BCUT2D eigenvalue weighted by molar-refractivity contribution is -0.144. The molecular formula is C53H72O12. The normalized spacial score (nSPS) is 10.7. The number of hydrogen-bond acceptors (Lipinski definition) is 12. The first-order valence-corrected chi connectivity index (χ1v) is 23.6. The lowest BCUT2D eigenvalue weighted by Crippen LogP contribution is -2.08. The standard InChI is InChI=1S/C32H38O8.C21H34O4/c1-24(34)39-29-17-13-27-23-30(18-14-26(27)22-29)40-32(36)25-11-15-28(16-12-25)37-20-8-3-2-4-9-21-38-31(35)10-6-5-7-19-33;1-19-12-14-20(15-13-19)24-17-9-4-2-3-5-10-18-25-21(23)11-7-6-8-16-22/h11-18,22-23,33H,2-10,19-21H2,1H3;12-15,22H,2-11,16-18H2,1H3. The lowest BCUT2D eigenvalue weighted by Gasteiger charge is -2.09. The first kappa shape index (κ1) is 53.9. The molecule has 0 saturated carbocycles. The highest BCUT2D eigenvalue weighted by atomic mass is 16.5. The van der Waals surface area contributed by atoms with Crippen LogP contribution in [-0.4, -0.2) is 73.7 Å². The molecule has 2 N–H and O–H groups in total. The minimum Gasteiger partial charge on any atom is -0.494 e. The van der Waals surface area contributed by atoms with Crippen molar-refractivity contribution < 1.29 is 57.8 Å². The molecule has 12 heteroatoms. The molecule has 0 atom stereocenters. The van der Waals surface area contributed by atoms with Crippen LogP contribution in [0.2, 0.25) is 0 Å². The summed E-state index contributed by atoms with van der Waals surface area (Å²) in [6.07, 6.45) is 17.2. The number of esters is 4. The van der Waals surface area contributed by atoms with Crippen LogP contribution in [0.3, 0.4) is 0 Å². The van der Waals surface area contributed by atoms with E-state index < -0.39 is 5.97 Å². The Morgan fingerprint density at radius 3 is 1.26 bits per heavy atom. The molecular weight excluding hydrogens is 829 g/mol. The van der Waals surface area contributed by atoms with Crippen LogP contribution in [-0.2, 0) is 23.9 Å². The van der Waals surface area contributed by atoms with Crippen molar-refractivity contribution in [2.45, 2.75) is 136 Å². The van der Waals surface area contributed by atoms with Crippen molar-refractivity contribution in [1.82, 2.24) is 0 Å². The first-order chi connectivity index (χ1) is 31.7. The second kappa shape index (κ2) is 34.0. The van der Waals surface area contributed by atoms with Crippen LogP contribution in [0.1, 0.15) is 145 Å². The fourth-order valence-electron chi connectivity index (χ4n) is 6.64. The van der Waals surface area contributed by atoms with Crippen molar-refractivity contribution in [3.05, 3.63) is 96.1 Å². The van der Waals surface area contributed by atoms with Gasteiger partial charge in [-0.25, -0.2) is 4.79 Å². The molecule has 0 aliphatic rings. The second-order valence-electron chi connectivity index (χ2n) is 16.1. The summed E-state index contributed by atoms with van der Waals surface area (Å²) in [6, 6.07) is 25.6. The number of fused-ring (bicyclic) bond motifs is 1. The van der Waals surface area contributed by atoms with E-state index in [2.05, 4.69) is 19.1 Å². The van der Waals surface area contributed by atoms with Crippen molar-refractivity contribution in [2.24, 2.45) is 0 Å². The summed E-state index contributed by atoms with van der Waals surface area (Å²) in [4.78, 5) is 46.8. The molecule has 65 heavy (non-hydrogen) atoms. The summed E-state index contributed by atoms with van der Waals surface area (Å²) in [5.41, 5.74) is 1.67. The summed E-state index contributed by atoms with van der Waals surface area (Å²) in [7, 11) is 0. The highest BCUT2D eigenvalue weighted by Gasteiger charge is 2.11.